The van der Waals surface area contributed by atoms with Crippen molar-refractivity contribution in [3.8, 4) is 0 Å². The summed E-state index contributed by atoms with van der Waals surface area (Å²) in [6.07, 6.45) is 3.78. The first-order valence-corrected chi connectivity index (χ1v) is 6.21. The van der Waals surface area contributed by atoms with Gasteiger partial charge in [0.1, 0.15) is 0 Å². The minimum atomic E-state index is -0.747. The number of carbonyl (C=O) groups excluding carboxylic acids is 1. The third-order valence-corrected chi connectivity index (χ3v) is 4.35. The molecule has 0 aromatic heterocycles. The first kappa shape index (κ1) is 12.5. The summed E-state index contributed by atoms with van der Waals surface area (Å²) in [5, 5.41) is 19.6. The van der Waals surface area contributed by atoms with Crippen molar-refractivity contribution < 1.29 is 15.0 Å². The van der Waals surface area contributed by atoms with Crippen LogP contribution in [0.1, 0.15) is 33.6 Å². The second-order valence-electron chi connectivity index (χ2n) is 5.52. The van der Waals surface area contributed by atoms with Crippen LogP contribution < -0.4 is 0 Å². The van der Waals surface area contributed by atoms with E-state index in [1.165, 1.54) is 6.08 Å². The van der Waals surface area contributed by atoms with E-state index in [9.17, 15) is 15.0 Å². The highest BCUT2D eigenvalue weighted by atomic mass is 16.3. The van der Waals surface area contributed by atoms with Crippen molar-refractivity contribution >= 4 is 5.78 Å². The molecule has 3 heteroatoms. The van der Waals surface area contributed by atoms with Gasteiger partial charge < -0.3 is 10.2 Å². The third-order valence-electron chi connectivity index (χ3n) is 4.35. The van der Waals surface area contributed by atoms with Gasteiger partial charge in [0.2, 0.25) is 0 Å². The summed E-state index contributed by atoms with van der Waals surface area (Å²) in [5.41, 5.74) is 0.973. The van der Waals surface area contributed by atoms with Crippen LogP contribution in [0, 0.1) is 11.3 Å². The Morgan fingerprint density at radius 2 is 2.12 bits per heavy atom. The van der Waals surface area contributed by atoms with Gasteiger partial charge in [-0.3, -0.25) is 4.79 Å². The predicted molar refractivity (Wildman–Crippen MR) is 65.4 cm³/mol. The van der Waals surface area contributed by atoms with E-state index in [2.05, 4.69) is 6.92 Å². The van der Waals surface area contributed by atoms with Gasteiger partial charge >= 0.3 is 0 Å². The molecule has 3 nitrogen and oxygen atoms in total. The molecule has 0 saturated heterocycles. The molecule has 0 aliphatic heterocycles. The van der Waals surface area contributed by atoms with E-state index in [-0.39, 0.29) is 11.2 Å². The summed E-state index contributed by atoms with van der Waals surface area (Å²) >= 11 is 0. The Kier molecular flexibility index (Phi) is 3.00. The van der Waals surface area contributed by atoms with Gasteiger partial charge in [-0.25, -0.2) is 0 Å². The van der Waals surface area contributed by atoms with Crippen LogP contribution in [0.3, 0.4) is 0 Å². The molecule has 0 bridgehead atoms. The molecule has 4 unspecified atom stereocenters. The zero-order chi connectivity index (χ0) is 12.8. The summed E-state index contributed by atoms with van der Waals surface area (Å²) in [5.74, 6) is 0.208. The van der Waals surface area contributed by atoms with Crippen LogP contribution in [0.5, 0.6) is 0 Å². The number of hydrogen-bond acceptors (Lipinski definition) is 3. The average molecular weight is 236 g/mol. The molecule has 17 heavy (non-hydrogen) atoms. The van der Waals surface area contributed by atoms with Crippen molar-refractivity contribution in [3.63, 3.8) is 0 Å². The van der Waals surface area contributed by atoms with Gasteiger partial charge in [-0.05, 0) is 37.3 Å². The minimum Gasteiger partial charge on any atom is -0.389 e. The SMILES string of the molecule is CC(O)C1=CC2(C)C(=CC1=O)C(O)CCC2C. The molecule has 4 atom stereocenters. The average Bonchev–Trinajstić information content (AvgIpc) is 2.26. The molecule has 0 heterocycles. The summed E-state index contributed by atoms with van der Waals surface area (Å²) in [4.78, 5) is 11.9. The Morgan fingerprint density at radius 3 is 2.71 bits per heavy atom. The highest BCUT2D eigenvalue weighted by molar-refractivity contribution is 6.06. The molecule has 2 rings (SSSR count). The summed E-state index contributed by atoms with van der Waals surface area (Å²) in [6.45, 7) is 5.78. The molecular weight excluding hydrogens is 216 g/mol. The lowest BCUT2D eigenvalue weighted by Gasteiger charge is -2.44. The molecule has 0 amide bonds. The Labute approximate surface area is 102 Å². The first-order chi connectivity index (χ1) is 7.86. The highest BCUT2D eigenvalue weighted by Crippen LogP contribution is 2.48. The van der Waals surface area contributed by atoms with Gasteiger partial charge in [0.15, 0.2) is 5.78 Å². The Morgan fingerprint density at radius 1 is 1.47 bits per heavy atom. The number of ketones is 1. The Hall–Kier alpha value is -0.930. The Balaban J connectivity index is 2.48. The largest absolute Gasteiger partial charge is 0.389 e. The van der Waals surface area contributed by atoms with Crippen LogP contribution in [0.4, 0.5) is 0 Å². The van der Waals surface area contributed by atoms with E-state index in [1.54, 1.807) is 6.92 Å². The first-order valence-electron chi connectivity index (χ1n) is 6.21. The Bertz CT molecular complexity index is 406. The molecular formula is C14H20O3. The molecule has 1 saturated carbocycles. The number of hydrogen-bond donors (Lipinski definition) is 2. The number of carbonyl (C=O) groups is 1. The fraction of sp³-hybridized carbons (Fsp3) is 0.643. The number of aliphatic hydroxyl groups is 2. The van der Waals surface area contributed by atoms with Gasteiger partial charge in [0.05, 0.1) is 12.2 Å². The molecule has 2 aliphatic rings. The summed E-state index contributed by atoms with van der Waals surface area (Å²) < 4.78 is 0. The molecule has 2 N–H and O–H groups in total. The predicted octanol–water partition coefficient (Wildman–Crippen LogP) is 1.60. The van der Waals surface area contributed by atoms with E-state index < -0.39 is 12.2 Å². The topological polar surface area (TPSA) is 57.5 Å². The van der Waals surface area contributed by atoms with E-state index in [0.29, 0.717) is 17.9 Å². The van der Waals surface area contributed by atoms with Crippen molar-refractivity contribution in [1.82, 2.24) is 0 Å². The molecule has 0 spiro atoms. The molecule has 2 aliphatic carbocycles. The summed E-state index contributed by atoms with van der Waals surface area (Å²) in [7, 11) is 0. The van der Waals surface area contributed by atoms with Crippen molar-refractivity contribution in [3.05, 3.63) is 23.3 Å². The van der Waals surface area contributed by atoms with Crippen molar-refractivity contribution in [2.75, 3.05) is 0 Å². The normalized spacial score (nSPS) is 39.2. The fourth-order valence-corrected chi connectivity index (χ4v) is 2.93. The van der Waals surface area contributed by atoms with Crippen molar-refractivity contribution in [2.24, 2.45) is 11.3 Å². The van der Waals surface area contributed by atoms with E-state index in [1.807, 2.05) is 13.0 Å². The summed E-state index contributed by atoms with van der Waals surface area (Å²) in [6, 6.07) is 0. The van der Waals surface area contributed by atoms with Crippen LogP contribution in [0.15, 0.2) is 23.3 Å². The van der Waals surface area contributed by atoms with Crippen LogP contribution >= 0.6 is 0 Å². The van der Waals surface area contributed by atoms with Gasteiger partial charge in [-0.1, -0.05) is 19.9 Å². The number of allylic oxidation sites excluding steroid dienone is 2. The number of fused-ring (bicyclic) bond motifs is 1. The fourth-order valence-electron chi connectivity index (χ4n) is 2.93. The minimum absolute atomic E-state index is 0.166. The van der Waals surface area contributed by atoms with Crippen molar-refractivity contribution in [1.29, 1.82) is 0 Å². The zero-order valence-electron chi connectivity index (χ0n) is 10.6. The molecule has 94 valence electrons. The van der Waals surface area contributed by atoms with Crippen molar-refractivity contribution in [2.45, 2.75) is 45.8 Å². The van der Waals surface area contributed by atoms with Gasteiger partial charge in [-0.15, -0.1) is 0 Å². The lowest BCUT2D eigenvalue weighted by Crippen LogP contribution is -2.41. The monoisotopic (exact) mass is 236 g/mol. The van der Waals surface area contributed by atoms with Gasteiger partial charge in [0, 0.05) is 11.0 Å². The van der Waals surface area contributed by atoms with E-state index in [0.717, 1.165) is 12.0 Å². The zero-order valence-corrected chi connectivity index (χ0v) is 10.6. The van der Waals surface area contributed by atoms with E-state index >= 15 is 0 Å². The number of rotatable bonds is 1. The maximum absolute atomic E-state index is 11.9. The highest BCUT2D eigenvalue weighted by Gasteiger charge is 2.43. The maximum Gasteiger partial charge on any atom is 0.184 e. The van der Waals surface area contributed by atoms with Gasteiger partial charge in [0.25, 0.3) is 0 Å². The molecule has 0 aromatic carbocycles. The van der Waals surface area contributed by atoms with Gasteiger partial charge in [-0.2, -0.15) is 0 Å². The van der Waals surface area contributed by atoms with E-state index in [4.69, 9.17) is 0 Å². The van der Waals surface area contributed by atoms with Crippen LogP contribution in [0.25, 0.3) is 0 Å². The standard InChI is InChI=1S/C14H20O3/c1-8-4-5-12(16)11-6-13(17)10(9(2)15)7-14(8,11)3/h6-9,12,15-16H,4-5H2,1-3H3. The van der Waals surface area contributed by atoms with Crippen LogP contribution in [0.2, 0.25) is 0 Å². The van der Waals surface area contributed by atoms with Crippen LogP contribution in [-0.2, 0) is 4.79 Å². The molecule has 0 radical (unpaired) electrons. The van der Waals surface area contributed by atoms with Crippen LogP contribution in [-0.4, -0.2) is 28.2 Å². The smallest absolute Gasteiger partial charge is 0.184 e. The second-order valence-corrected chi connectivity index (χ2v) is 5.52. The quantitative estimate of drug-likeness (QED) is 0.727. The third kappa shape index (κ3) is 1.87. The second kappa shape index (κ2) is 4.07. The maximum atomic E-state index is 11.9. The lowest BCUT2D eigenvalue weighted by molar-refractivity contribution is -0.112. The number of aliphatic hydroxyl groups excluding tert-OH is 2. The molecule has 0 aromatic rings. The lowest BCUT2D eigenvalue weighted by atomic mass is 9.61. The molecule has 1 fully saturated rings.